The largest absolute Gasteiger partial charge is 0.417 e. The van der Waals surface area contributed by atoms with E-state index < -0.39 is 43.8 Å². The van der Waals surface area contributed by atoms with Gasteiger partial charge in [-0.3, -0.25) is 9.78 Å². The van der Waals surface area contributed by atoms with Gasteiger partial charge in [0.1, 0.15) is 5.82 Å². The van der Waals surface area contributed by atoms with E-state index in [2.05, 4.69) is 10.3 Å². The molecular weight excluding hydrogens is 352 g/mol. The number of alkyl halides is 3. The van der Waals surface area contributed by atoms with Crippen LogP contribution in [0.2, 0.25) is 0 Å². The van der Waals surface area contributed by atoms with Gasteiger partial charge < -0.3 is 5.32 Å². The number of sulfone groups is 1. The fraction of sp³-hybridized carbons (Fsp3) is 0.143. The first-order chi connectivity index (χ1) is 11.0. The molecule has 0 spiro atoms. The molecule has 128 valence electrons. The van der Waals surface area contributed by atoms with Gasteiger partial charge in [0, 0.05) is 18.6 Å². The summed E-state index contributed by atoms with van der Waals surface area (Å²) in [5, 5.41) is 2.15. The van der Waals surface area contributed by atoms with Crippen molar-refractivity contribution >= 4 is 21.4 Å². The maximum absolute atomic E-state index is 13.2. The molecule has 2 aromatic rings. The number of carbonyl (C=O) groups excluding carboxylic acids is 1. The van der Waals surface area contributed by atoms with E-state index in [0.717, 1.165) is 24.6 Å². The molecule has 0 bridgehead atoms. The van der Waals surface area contributed by atoms with Crippen LogP contribution in [0.25, 0.3) is 0 Å². The predicted octanol–water partition coefficient (Wildman–Crippen LogP) is 2.90. The Morgan fingerprint density at radius 1 is 1.17 bits per heavy atom. The lowest BCUT2D eigenvalue weighted by atomic mass is 10.2. The van der Waals surface area contributed by atoms with Crippen LogP contribution in [0.1, 0.15) is 15.9 Å². The Hall–Kier alpha value is -2.49. The van der Waals surface area contributed by atoms with Crippen LogP contribution < -0.4 is 5.32 Å². The van der Waals surface area contributed by atoms with E-state index in [-0.39, 0.29) is 5.69 Å². The van der Waals surface area contributed by atoms with Crippen molar-refractivity contribution in [3.63, 3.8) is 0 Å². The van der Waals surface area contributed by atoms with Crippen LogP contribution in [0.4, 0.5) is 23.2 Å². The molecule has 0 saturated carbocycles. The normalized spacial score (nSPS) is 12.0. The summed E-state index contributed by atoms with van der Waals surface area (Å²) in [4.78, 5) is 14.9. The molecule has 0 aliphatic carbocycles. The number of hydrogen-bond donors (Lipinski definition) is 1. The van der Waals surface area contributed by atoms with Gasteiger partial charge in [-0.2, -0.15) is 13.2 Å². The maximum Gasteiger partial charge on any atom is 0.417 e. The van der Waals surface area contributed by atoms with Gasteiger partial charge >= 0.3 is 6.18 Å². The Balaban J connectivity index is 2.38. The molecule has 1 amide bonds. The Kier molecular flexibility index (Phi) is 4.61. The van der Waals surface area contributed by atoms with Gasteiger partial charge in [-0.05, 0) is 24.3 Å². The van der Waals surface area contributed by atoms with Crippen molar-refractivity contribution < 1.29 is 30.8 Å². The van der Waals surface area contributed by atoms with Gasteiger partial charge in [0.05, 0.1) is 21.7 Å². The predicted molar refractivity (Wildman–Crippen MR) is 76.7 cm³/mol. The van der Waals surface area contributed by atoms with Crippen LogP contribution in [0.3, 0.4) is 0 Å². The highest BCUT2D eigenvalue weighted by atomic mass is 32.2. The molecule has 0 unspecified atom stereocenters. The third kappa shape index (κ3) is 4.07. The molecule has 5 nitrogen and oxygen atoms in total. The molecule has 1 heterocycles. The summed E-state index contributed by atoms with van der Waals surface area (Å²) in [7, 11) is -3.87. The second kappa shape index (κ2) is 6.19. The van der Waals surface area contributed by atoms with Crippen LogP contribution in [0.5, 0.6) is 0 Å². The van der Waals surface area contributed by atoms with Crippen molar-refractivity contribution in [1.82, 2.24) is 4.98 Å². The molecule has 1 N–H and O–H groups in total. The molecule has 0 saturated heterocycles. The first kappa shape index (κ1) is 17.9. The molecule has 10 heteroatoms. The van der Waals surface area contributed by atoms with Gasteiger partial charge in [-0.15, -0.1) is 0 Å². The number of benzene rings is 1. The van der Waals surface area contributed by atoms with E-state index in [1.807, 2.05) is 0 Å². The Morgan fingerprint density at radius 3 is 2.42 bits per heavy atom. The zero-order chi connectivity index (χ0) is 18.1. The average molecular weight is 362 g/mol. The van der Waals surface area contributed by atoms with E-state index in [1.54, 1.807) is 0 Å². The number of anilines is 1. The van der Waals surface area contributed by atoms with Crippen LogP contribution in [-0.2, 0) is 16.0 Å². The summed E-state index contributed by atoms with van der Waals surface area (Å²) in [6, 6.07) is 3.20. The topological polar surface area (TPSA) is 76.1 Å². The van der Waals surface area contributed by atoms with Gasteiger partial charge in [0.25, 0.3) is 5.91 Å². The van der Waals surface area contributed by atoms with Crippen molar-refractivity contribution in [1.29, 1.82) is 0 Å². The number of rotatable bonds is 3. The summed E-state index contributed by atoms with van der Waals surface area (Å²) in [6.45, 7) is 0. The summed E-state index contributed by atoms with van der Waals surface area (Å²) in [5.41, 5.74) is -1.80. The van der Waals surface area contributed by atoms with E-state index in [9.17, 15) is 30.8 Å². The Morgan fingerprint density at radius 2 is 1.83 bits per heavy atom. The van der Waals surface area contributed by atoms with E-state index in [0.29, 0.717) is 18.3 Å². The fourth-order valence-electron chi connectivity index (χ4n) is 1.82. The molecule has 0 radical (unpaired) electrons. The monoisotopic (exact) mass is 362 g/mol. The summed E-state index contributed by atoms with van der Waals surface area (Å²) in [5.74, 6) is -1.85. The Labute approximate surface area is 134 Å². The lowest BCUT2D eigenvalue weighted by Gasteiger charge is -2.11. The molecular formula is C14H10F4N2O3S. The lowest BCUT2D eigenvalue weighted by molar-refractivity contribution is -0.137. The second-order valence-corrected chi connectivity index (χ2v) is 6.81. The smallest absolute Gasteiger partial charge is 0.321 e. The SMILES string of the molecule is CS(=O)(=O)c1cc(F)ccc1NC(=O)c1cncc(C(F)(F)F)c1. The van der Waals surface area contributed by atoms with Crippen molar-refractivity contribution in [2.45, 2.75) is 11.1 Å². The van der Waals surface area contributed by atoms with Crippen molar-refractivity contribution in [2.75, 3.05) is 11.6 Å². The number of carbonyl (C=O) groups is 1. The lowest BCUT2D eigenvalue weighted by Crippen LogP contribution is -2.16. The number of hydrogen-bond acceptors (Lipinski definition) is 4. The first-order valence-corrected chi connectivity index (χ1v) is 8.21. The highest BCUT2D eigenvalue weighted by Gasteiger charge is 2.31. The third-order valence-electron chi connectivity index (χ3n) is 2.92. The number of halogens is 4. The molecule has 0 aliphatic heterocycles. The van der Waals surface area contributed by atoms with Crippen LogP contribution >= 0.6 is 0 Å². The zero-order valence-corrected chi connectivity index (χ0v) is 12.9. The maximum atomic E-state index is 13.2. The van der Waals surface area contributed by atoms with E-state index in [1.165, 1.54) is 0 Å². The van der Waals surface area contributed by atoms with Crippen molar-refractivity contribution in [3.8, 4) is 0 Å². The van der Waals surface area contributed by atoms with Gasteiger partial charge in [0.15, 0.2) is 9.84 Å². The van der Waals surface area contributed by atoms with Gasteiger partial charge in [-0.25, -0.2) is 12.8 Å². The fourth-order valence-corrected chi connectivity index (χ4v) is 2.67. The average Bonchev–Trinajstić information content (AvgIpc) is 2.47. The summed E-state index contributed by atoms with van der Waals surface area (Å²) >= 11 is 0. The molecule has 24 heavy (non-hydrogen) atoms. The van der Waals surface area contributed by atoms with E-state index in [4.69, 9.17) is 0 Å². The number of aromatic nitrogens is 1. The highest BCUT2D eigenvalue weighted by molar-refractivity contribution is 7.90. The molecule has 1 aromatic carbocycles. The summed E-state index contributed by atoms with van der Waals surface area (Å²) < 4.78 is 74.4. The highest BCUT2D eigenvalue weighted by Crippen LogP contribution is 2.29. The van der Waals surface area contributed by atoms with Crippen LogP contribution in [-0.4, -0.2) is 25.6 Å². The van der Waals surface area contributed by atoms with Crippen LogP contribution in [0.15, 0.2) is 41.6 Å². The number of amides is 1. The molecule has 0 atom stereocenters. The minimum Gasteiger partial charge on any atom is -0.321 e. The minimum absolute atomic E-state index is 0.249. The molecule has 0 aliphatic rings. The summed E-state index contributed by atoms with van der Waals surface area (Å²) in [6.07, 6.45) is -2.43. The number of pyridine rings is 1. The molecule has 1 aromatic heterocycles. The Bertz CT molecular complexity index is 895. The zero-order valence-electron chi connectivity index (χ0n) is 12.1. The van der Waals surface area contributed by atoms with E-state index >= 15 is 0 Å². The van der Waals surface area contributed by atoms with Crippen LogP contribution in [0, 0.1) is 5.82 Å². The van der Waals surface area contributed by atoms with Crippen molar-refractivity contribution in [3.05, 3.63) is 53.6 Å². The standard InChI is InChI=1S/C14H10F4N2O3S/c1-24(22,23)12-5-10(15)2-3-11(12)20-13(21)8-4-9(7-19-6-8)14(16,17)18/h2-7H,1H3,(H,20,21). The molecule has 2 rings (SSSR count). The van der Waals surface area contributed by atoms with Gasteiger partial charge in [-0.1, -0.05) is 0 Å². The second-order valence-electron chi connectivity index (χ2n) is 4.83. The minimum atomic E-state index is -4.68. The first-order valence-electron chi connectivity index (χ1n) is 6.31. The van der Waals surface area contributed by atoms with Crippen molar-refractivity contribution in [2.24, 2.45) is 0 Å². The number of nitrogens with zero attached hydrogens (tertiary/aromatic N) is 1. The number of nitrogens with one attached hydrogen (secondary N) is 1. The quantitative estimate of drug-likeness (QED) is 0.852. The molecule has 0 fully saturated rings. The third-order valence-corrected chi connectivity index (χ3v) is 4.06. The van der Waals surface area contributed by atoms with Gasteiger partial charge in [0.2, 0.25) is 0 Å².